The van der Waals surface area contributed by atoms with Crippen LogP contribution in [0, 0.1) is 11.6 Å². The quantitative estimate of drug-likeness (QED) is 0.247. The van der Waals surface area contributed by atoms with Crippen molar-refractivity contribution in [3.8, 4) is 5.75 Å². The molecule has 10 heteroatoms. The summed E-state index contributed by atoms with van der Waals surface area (Å²) in [5, 5.41) is 6.08. The Bertz CT molecular complexity index is 936. The number of anilines is 1. The van der Waals surface area contributed by atoms with E-state index in [9.17, 15) is 13.6 Å². The molecule has 0 aromatic heterocycles. The molecule has 2 aromatic carbocycles. The summed E-state index contributed by atoms with van der Waals surface area (Å²) in [7, 11) is 3.25. The number of benzene rings is 2. The van der Waals surface area contributed by atoms with E-state index < -0.39 is 11.6 Å². The Hall–Kier alpha value is -2.63. The summed E-state index contributed by atoms with van der Waals surface area (Å²) in [4.78, 5) is 20.4. The number of halogens is 3. The van der Waals surface area contributed by atoms with Gasteiger partial charge in [-0.2, -0.15) is 0 Å². The van der Waals surface area contributed by atoms with E-state index in [0.29, 0.717) is 56.5 Å². The molecule has 0 radical (unpaired) electrons. The van der Waals surface area contributed by atoms with E-state index in [1.807, 2.05) is 4.90 Å². The number of piperazine rings is 1. The van der Waals surface area contributed by atoms with Crippen LogP contribution in [0.15, 0.2) is 47.5 Å². The summed E-state index contributed by atoms with van der Waals surface area (Å²) in [5.74, 6) is 0.274. The first-order valence-electron chi connectivity index (χ1n) is 10.1. The highest BCUT2D eigenvalue weighted by molar-refractivity contribution is 14.0. The van der Waals surface area contributed by atoms with Crippen LogP contribution in [-0.4, -0.2) is 70.2 Å². The molecule has 3 rings (SSSR count). The minimum Gasteiger partial charge on any atom is -0.497 e. The average Bonchev–Trinajstić information content (AvgIpc) is 2.81. The smallest absolute Gasteiger partial charge is 0.251 e. The lowest BCUT2D eigenvalue weighted by atomic mass is 10.2. The third kappa shape index (κ3) is 6.68. The van der Waals surface area contributed by atoms with Gasteiger partial charge in [0.25, 0.3) is 5.91 Å². The number of amides is 1. The standard InChI is InChI=1S/C22H27F2N5O2.HI/c1-25-22(27-9-8-26-21(30)16-4-3-5-18(14-16)31-2)29-12-10-28(11-13-29)20-15-17(23)6-7-19(20)24;/h3-7,14-15H,8-13H2,1-2H3,(H,25,27)(H,26,30);1H. The van der Waals surface area contributed by atoms with Gasteiger partial charge in [0, 0.05) is 57.9 Å². The number of aliphatic imine (C=N–C) groups is 1. The van der Waals surface area contributed by atoms with Gasteiger partial charge in [0.1, 0.15) is 17.4 Å². The van der Waals surface area contributed by atoms with Gasteiger partial charge >= 0.3 is 0 Å². The van der Waals surface area contributed by atoms with E-state index in [2.05, 4.69) is 20.5 Å². The van der Waals surface area contributed by atoms with Gasteiger partial charge in [-0.05, 0) is 30.3 Å². The number of guanidine groups is 1. The Labute approximate surface area is 203 Å². The van der Waals surface area contributed by atoms with Crippen LogP contribution in [0.25, 0.3) is 0 Å². The maximum Gasteiger partial charge on any atom is 0.251 e. The van der Waals surface area contributed by atoms with Crippen LogP contribution >= 0.6 is 24.0 Å². The first kappa shape index (κ1) is 25.6. The second kappa shape index (κ2) is 12.4. The van der Waals surface area contributed by atoms with Gasteiger partial charge in [-0.3, -0.25) is 9.79 Å². The second-order valence-corrected chi connectivity index (χ2v) is 7.03. The monoisotopic (exact) mass is 559 g/mol. The van der Waals surface area contributed by atoms with E-state index in [-0.39, 0.29) is 35.6 Å². The van der Waals surface area contributed by atoms with Crippen LogP contribution in [0.5, 0.6) is 5.75 Å². The predicted molar refractivity (Wildman–Crippen MR) is 132 cm³/mol. The third-order valence-corrected chi connectivity index (χ3v) is 5.07. The van der Waals surface area contributed by atoms with Crippen molar-refractivity contribution in [2.75, 3.05) is 58.3 Å². The summed E-state index contributed by atoms with van der Waals surface area (Å²) >= 11 is 0. The zero-order valence-electron chi connectivity index (χ0n) is 18.1. The Morgan fingerprint density at radius 1 is 1.06 bits per heavy atom. The van der Waals surface area contributed by atoms with Crippen LogP contribution in [0.1, 0.15) is 10.4 Å². The molecule has 2 aromatic rings. The largest absolute Gasteiger partial charge is 0.497 e. The van der Waals surface area contributed by atoms with Gasteiger partial charge in [-0.25, -0.2) is 8.78 Å². The Balaban J connectivity index is 0.00000363. The van der Waals surface area contributed by atoms with Crippen LogP contribution in [0.3, 0.4) is 0 Å². The van der Waals surface area contributed by atoms with Crippen molar-refractivity contribution >= 4 is 41.5 Å². The van der Waals surface area contributed by atoms with Crippen molar-refractivity contribution in [3.63, 3.8) is 0 Å². The molecule has 1 saturated heterocycles. The lowest BCUT2D eigenvalue weighted by Gasteiger charge is -2.37. The minimum atomic E-state index is -0.452. The zero-order valence-corrected chi connectivity index (χ0v) is 20.4. The molecule has 1 aliphatic heterocycles. The van der Waals surface area contributed by atoms with Gasteiger partial charge in [0.05, 0.1) is 12.8 Å². The van der Waals surface area contributed by atoms with Crippen LogP contribution in [0.2, 0.25) is 0 Å². The molecular formula is C22H28F2IN5O2. The Morgan fingerprint density at radius 3 is 2.47 bits per heavy atom. The predicted octanol–water partition coefficient (Wildman–Crippen LogP) is 2.72. The number of ether oxygens (including phenoxy) is 1. The molecular weight excluding hydrogens is 531 g/mol. The van der Waals surface area contributed by atoms with Gasteiger partial charge in [-0.15, -0.1) is 24.0 Å². The maximum atomic E-state index is 14.0. The molecule has 174 valence electrons. The number of hydrogen-bond acceptors (Lipinski definition) is 4. The van der Waals surface area contributed by atoms with E-state index in [1.165, 1.54) is 6.07 Å². The molecule has 1 fully saturated rings. The van der Waals surface area contributed by atoms with Crippen molar-refractivity contribution in [2.24, 2.45) is 4.99 Å². The highest BCUT2D eigenvalue weighted by atomic mass is 127. The van der Waals surface area contributed by atoms with Crippen molar-refractivity contribution in [3.05, 3.63) is 59.7 Å². The molecule has 0 spiro atoms. The van der Waals surface area contributed by atoms with Crippen LogP contribution in [0.4, 0.5) is 14.5 Å². The number of nitrogens with one attached hydrogen (secondary N) is 2. The van der Waals surface area contributed by atoms with E-state index in [0.717, 1.165) is 12.1 Å². The topological polar surface area (TPSA) is 69.2 Å². The van der Waals surface area contributed by atoms with Gasteiger partial charge in [0.15, 0.2) is 5.96 Å². The van der Waals surface area contributed by atoms with E-state index in [4.69, 9.17) is 4.74 Å². The summed E-state index contributed by atoms with van der Waals surface area (Å²) < 4.78 is 32.6. The lowest BCUT2D eigenvalue weighted by molar-refractivity contribution is 0.0954. The van der Waals surface area contributed by atoms with Crippen molar-refractivity contribution in [1.29, 1.82) is 0 Å². The summed E-state index contributed by atoms with van der Waals surface area (Å²) in [6, 6.07) is 10.5. The fraction of sp³-hybridized carbons (Fsp3) is 0.364. The molecule has 1 heterocycles. The molecule has 0 saturated carbocycles. The van der Waals surface area contributed by atoms with E-state index in [1.54, 1.807) is 38.4 Å². The van der Waals surface area contributed by atoms with Gasteiger partial charge in [0.2, 0.25) is 0 Å². The fourth-order valence-electron chi connectivity index (χ4n) is 3.44. The molecule has 32 heavy (non-hydrogen) atoms. The molecule has 2 N–H and O–H groups in total. The molecule has 0 atom stereocenters. The Kier molecular flexibility index (Phi) is 9.95. The molecule has 0 unspecified atom stereocenters. The van der Waals surface area contributed by atoms with Crippen LogP contribution in [-0.2, 0) is 0 Å². The molecule has 1 amide bonds. The lowest BCUT2D eigenvalue weighted by Crippen LogP contribution is -2.53. The van der Waals surface area contributed by atoms with Crippen LogP contribution < -0.4 is 20.3 Å². The second-order valence-electron chi connectivity index (χ2n) is 7.03. The van der Waals surface area contributed by atoms with Crippen molar-refractivity contribution < 1.29 is 18.3 Å². The zero-order chi connectivity index (χ0) is 22.2. The van der Waals surface area contributed by atoms with Crippen molar-refractivity contribution in [1.82, 2.24) is 15.5 Å². The molecule has 0 aliphatic carbocycles. The van der Waals surface area contributed by atoms with Crippen molar-refractivity contribution in [2.45, 2.75) is 0 Å². The fourth-order valence-corrected chi connectivity index (χ4v) is 3.44. The van der Waals surface area contributed by atoms with E-state index >= 15 is 0 Å². The normalized spacial score (nSPS) is 13.9. The maximum absolute atomic E-state index is 14.0. The SMILES string of the molecule is CN=C(NCCNC(=O)c1cccc(OC)c1)N1CCN(c2cc(F)ccc2F)CC1.I. The number of hydrogen-bond donors (Lipinski definition) is 2. The first-order chi connectivity index (χ1) is 15.0. The molecule has 7 nitrogen and oxygen atoms in total. The minimum absolute atomic E-state index is 0. The first-order valence-corrected chi connectivity index (χ1v) is 10.1. The number of nitrogens with zero attached hydrogens (tertiary/aromatic N) is 3. The summed E-state index contributed by atoms with van der Waals surface area (Å²) in [6.45, 7) is 3.25. The highest BCUT2D eigenvalue weighted by Gasteiger charge is 2.22. The number of methoxy groups -OCH3 is 1. The number of rotatable bonds is 6. The van der Waals surface area contributed by atoms with Gasteiger partial charge < -0.3 is 25.2 Å². The summed E-state index contributed by atoms with van der Waals surface area (Å²) in [5.41, 5.74) is 0.812. The molecule has 0 bridgehead atoms. The Morgan fingerprint density at radius 2 is 1.78 bits per heavy atom. The highest BCUT2D eigenvalue weighted by Crippen LogP contribution is 2.22. The molecule has 1 aliphatic rings. The third-order valence-electron chi connectivity index (χ3n) is 5.07. The van der Waals surface area contributed by atoms with Gasteiger partial charge in [-0.1, -0.05) is 6.07 Å². The average molecular weight is 559 g/mol. The number of carbonyl (C=O) groups excluding carboxylic acids is 1. The number of carbonyl (C=O) groups is 1. The summed E-state index contributed by atoms with van der Waals surface area (Å²) in [6.07, 6.45) is 0.